The van der Waals surface area contributed by atoms with Gasteiger partial charge in [0.2, 0.25) is 0 Å². The molecule has 0 aliphatic rings. The summed E-state index contributed by atoms with van der Waals surface area (Å²) in [6.07, 6.45) is 0. The second-order valence-corrected chi connectivity index (χ2v) is 5.22. The highest BCUT2D eigenvalue weighted by Crippen LogP contribution is 2.27. The summed E-state index contributed by atoms with van der Waals surface area (Å²) < 4.78 is 10.5. The van der Waals surface area contributed by atoms with Gasteiger partial charge in [0, 0.05) is 12.8 Å². The van der Waals surface area contributed by atoms with E-state index in [-0.39, 0.29) is 18.5 Å². The van der Waals surface area contributed by atoms with Crippen LogP contribution in [0.3, 0.4) is 0 Å². The average molecular weight is 279 g/mol. The van der Waals surface area contributed by atoms with Crippen LogP contribution in [0.1, 0.15) is 26.3 Å². The lowest BCUT2D eigenvalue weighted by atomic mass is 9.86. The van der Waals surface area contributed by atoms with Crippen molar-refractivity contribution in [1.29, 1.82) is 0 Å². The first-order chi connectivity index (χ1) is 9.47. The van der Waals surface area contributed by atoms with Gasteiger partial charge in [-0.15, -0.1) is 0 Å². The van der Waals surface area contributed by atoms with Gasteiger partial charge in [-0.2, -0.15) is 0 Å². The highest BCUT2D eigenvalue weighted by Gasteiger charge is 2.43. The number of nitrogens with one attached hydrogen (secondary N) is 1. The van der Waals surface area contributed by atoms with E-state index in [9.17, 15) is 4.79 Å². The molecule has 0 heterocycles. The molecule has 0 bridgehead atoms. The van der Waals surface area contributed by atoms with Crippen molar-refractivity contribution in [3.05, 3.63) is 29.8 Å². The molecule has 0 aliphatic heterocycles. The predicted molar refractivity (Wildman–Crippen MR) is 80.9 cm³/mol. The number of ether oxygens (including phenoxy) is 2. The van der Waals surface area contributed by atoms with Gasteiger partial charge in [0.15, 0.2) is 5.54 Å². The number of anilines is 1. The summed E-state index contributed by atoms with van der Waals surface area (Å²) in [5.41, 5.74) is 1.13. The van der Waals surface area contributed by atoms with Gasteiger partial charge in [0.05, 0.1) is 13.2 Å². The van der Waals surface area contributed by atoms with E-state index in [0.29, 0.717) is 6.61 Å². The monoisotopic (exact) mass is 279 g/mol. The van der Waals surface area contributed by atoms with Crippen LogP contribution >= 0.6 is 0 Å². The molecule has 1 N–H and O–H groups in total. The third-order valence-corrected chi connectivity index (χ3v) is 3.50. The Morgan fingerprint density at radius 3 is 2.50 bits per heavy atom. The highest BCUT2D eigenvalue weighted by molar-refractivity contribution is 5.85. The van der Waals surface area contributed by atoms with Gasteiger partial charge < -0.3 is 14.8 Å². The van der Waals surface area contributed by atoms with E-state index in [1.165, 1.54) is 0 Å². The average Bonchev–Trinajstić information content (AvgIpc) is 2.40. The first kappa shape index (κ1) is 16.5. The van der Waals surface area contributed by atoms with E-state index in [2.05, 4.69) is 5.32 Å². The molecule has 1 unspecified atom stereocenters. The van der Waals surface area contributed by atoms with E-state index in [1.807, 2.05) is 52.0 Å². The second-order valence-electron chi connectivity index (χ2n) is 5.22. The Labute approximate surface area is 121 Å². The number of hydrogen-bond acceptors (Lipinski definition) is 4. The maximum Gasteiger partial charge on any atom is 0.334 e. The lowest BCUT2D eigenvalue weighted by Gasteiger charge is -2.36. The highest BCUT2D eigenvalue weighted by atomic mass is 16.5. The molecule has 0 aromatic heterocycles. The summed E-state index contributed by atoms with van der Waals surface area (Å²) in [5.74, 6) is -0.249. The van der Waals surface area contributed by atoms with Gasteiger partial charge in [-0.1, -0.05) is 32.0 Å². The van der Waals surface area contributed by atoms with Crippen molar-refractivity contribution in [3.8, 4) is 0 Å². The molecule has 1 rings (SSSR count). The first-order valence-corrected chi connectivity index (χ1v) is 6.98. The Morgan fingerprint density at radius 1 is 1.35 bits per heavy atom. The molecule has 0 spiro atoms. The molecule has 0 aliphatic carbocycles. The summed E-state index contributed by atoms with van der Waals surface area (Å²) in [4.78, 5) is 12.4. The van der Waals surface area contributed by atoms with Gasteiger partial charge in [-0.25, -0.2) is 4.79 Å². The van der Waals surface area contributed by atoms with Crippen molar-refractivity contribution >= 4 is 11.7 Å². The minimum absolute atomic E-state index is 0.0288. The fourth-order valence-electron chi connectivity index (χ4n) is 2.13. The summed E-state index contributed by atoms with van der Waals surface area (Å²) in [5, 5.41) is 3.35. The number of hydrogen-bond donors (Lipinski definition) is 1. The molecule has 4 heteroatoms. The zero-order chi connectivity index (χ0) is 15.2. The van der Waals surface area contributed by atoms with E-state index < -0.39 is 5.54 Å². The van der Waals surface area contributed by atoms with Crippen molar-refractivity contribution in [3.63, 3.8) is 0 Å². The van der Waals surface area contributed by atoms with E-state index in [1.54, 1.807) is 7.11 Å². The minimum atomic E-state index is -0.878. The van der Waals surface area contributed by atoms with Gasteiger partial charge in [0.25, 0.3) is 0 Å². The van der Waals surface area contributed by atoms with Gasteiger partial charge in [-0.3, -0.25) is 0 Å². The smallest absolute Gasteiger partial charge is 0.334 e. The molecule has 1 aromatic carbocycles. The van der Waals surface area contributed by atoms with Gasteiger partial charge in [-0.05, 0) is 31.4 Å². The molecule has 1 atom stereocenters. The van der Waals surface area contributed by atoms with Crippen LogP contribution in [-0.2, 0) is 14.3 Å². The van der Waals surface area contributed by atoms with E-state index in [0.717, 1.165) is 11.3 Å². The van der Waals surface area contributed by atoms with Crippen molar-refractivity contribution in [1.82, 2.24) is 0 Å². The second kappa shape index (κ2) is 7.29. The lowest BCUT2D eigenvalue weighted by Crippen LogP contribution is -2.55. The molecule has 0 amide bonds. The Balaban J connectivity index is 3.15. The number of para-hydroxylation sites is 1. The molecule has 0 radical (unpaired) electrons. The van der Waals surface area contributed by atoms with Crippen molar-refractivity contribution in [2.45, 2.75) is 33.2 Å². The van der Waals surface area contributed by atoms with Crippen LogP contribution in [0.15, 0.2) is 24.3 Å². The summed E-state index contributed by atoms with van der Waals surface area (Å²) in [6.45, 7) is 8.40. The Hall–Kier alpha value is -1.55. The third-order valence-electron chi connectivity index (χ3n) is 3.50. The first-order valence-electron chi connectivity index (χ1n) is 6.98. The van der Waals surface area contributed by atoms with E-state index >= 15 is 0 Å². The Bertz CT molecular complexity index is 445. The van der Waals surface area contributed by atoms with Crippen LogP contribution in [0, 0.1) is 12.8 Å². The molecule has 20 heavy (non-hydrogen) atoms. The maximum atomic E-state index is 12.4. The number of carbonyl (C=O) groups is 1. The zero-order valence-electron chi connectivity index (χ0n) is 13.0. The molecule has 0 saturated heterocycles. The number of aryl methyl sites for hydroxylation is 1. The zero-order valence-corrected chi connectivity index (χ0v) is 13.0. The van der Waals surface area contributed by atoms with Crippen LogP contribution < -0.4 is 5.32 Å². The van der Waals surface area contributed by atoms with Crippen LogP contribution in [0.25, 0.3) is 0 Å². The number of esters is 1. The largest absolute Gasteiger partial charge is 0.464 e. The van der Waals surface area contributed by atoms with Crippen LogP contribution in [-0.4, -0.2) is 31.8 Å². The normalized spacial score (nSPS) is 13.9. The summed E-state index contributed by atoms with van der Waals surface area (Å²) in [7, 11) is 1.59. The Kier molecular flexibility index (Phi) is 6.02. The van der Waals surface area contributed by atoms with Gasteiger partial charge in [0.1, 0.15) is 0 Å². The van der Waals surface area contributed by atoms with Crippen molar-refractivity contribution in [2.75, 3.05) is 25.6 Å². The van der Waals surface area contributed by atoms with Crippen molar-refractivity contribution in [2.24, 2.45) is 5.92 Å². The lowest BCUT2D eigenvalue weighted by molar-refractivity contribution is -0.152. The van der Waals surface area contributed by atoms with Crippen molar-refractivity contribution < 1.29 is 14.3 Å². The van der Waals surface area contributed by atoms with E-state index in [4.69, 9.17) is 9.47 Å². The standard InChI is InChI=1S/C16H25NO3/c1-6-20-15(18)16(11-19-5,12(2)3)17-14-10-8-7-9-13(14)4/h7-10,12,17H,6,11H2,1-5H3. The predicted octanol–water partition coefficient (Wildman–Crippen LogP) is 3.01. The van der Waals surface area contributed by atoms with Crippen LogP contribution in [0.4, 0.5) is 5.69 Å². The van der Waals surface area contributed by atoms with Crippen LogP contribution in [0.2, 0.25) is 0 Å². The summed E-state index contributed by atoms with van der Waals surface area (Å²) in [6, 6.07) is 7.88. The molecule has 1 aromatic rings. The SMILES string of the molecule is CCOC(=O)C(COC)(Nc1ccccc1C)C(C)C. The summed E-state index contributed by atoms with van der Waals surface area (Å²) >= 11 is 0. The molecule has 0 fully saturated rings. The fourth-order valence-corrected chi connectivity index (χ4v) is 2.13. The number of rotatable bonds is 7. The topological polar surface area (TPSA) is 47.6 Å². The molecule has 112 valence electrons. The number of methoxy groups -OCH3 is 1. The molecule has 4 nitrogen and oxygen atoms in total. The fraction of sp³-hybridized carbons (Fsp3) is 0.562. The number of carbonyl (C=O) groups excluding carboxylic acids is 1. The van der Waals surface area contributed by atoms with Gasteiger partial charge >= 0.3 is 5.97 Å². The number of benzene rings is 1. The van der Waals surface area contributed by atoms with Crippen LogP contribution in [0.5, 0.6) is 0 Å². The minimum Gasteiger partial charge on any atom is -0.464 e. The molecule has 0 saturated carbocycles. The third kappa shape index (κ3) is 3.51. The maximum absolute atomic E-state index is 12.4. The molecular formula is C16H25NO3. The quantitative estimate of drug-likeness (QED) is 0.779. The molecular weight excluding hydrogens is 254 g/mol. The Morgan fingerprint density at radius 2 is 2.00 bits per heavy atom.